The number of hydrogen-bond acceptors (Lipinski definition) is 6. The van der Waals surface area contributed by atoms with Gasteiger partial charge in [-0.3, -0.25) is 4.98 Å². The van der Waals surface area contributed by atoms with Crippen molar-refractivity contribution in [1.29, 1.82) is 0 Å². The number of pyridine rings is 1. The Bertz CT molecular complexity index is 736. The number of nitrogens with zero attached hydrogens (tertiary/aromatic N) is 5. The number of anilines is 1. The van der Waals surface area contributed by atoms with Gasteiger partial charge in [0.25, 0.3) is 0 Å². The average molecular weight is 274 g/mol. The minimum Gasteiger partial charge on any atom is -0.397 e. The molecule has 0 bridgehead atoms. The molecule has 3 aromatic heterocycles. The van der Waals surface area contributed by atoms with Gasteiger partial charge in [0.05, 0.1) is 11.9 Å². The van der Waals surface area contributed by atoms with Crippen molar-refractivity contribution in [1.82, 2.24) is 24.8 Å². The van der Waals surface area contributed by atoms with E-state index < -0.39 is 0 Å². The van der Waals surface area contributed by atoms with E-state index in [1.165, 1.54) is 11.3 Å². The Morgan fingerprint density at radius 3 is 2.74 bits per heavy atom. The highest BCUT2D eigenvalue weighted by Gasteiger charge is 2.23. The molecule has 98 valence electrons. The largest absolute Gasteiger partial charge is 0.397 e. The van der Waals surface area contributed by atoms with Crippen molar-refractivity contribution >= 4 is 22.0 Å². The van der Waals surface area contributed by atoms with Gasteiger partial charge in [-0.1, -0.05) is 32.1 Å². The highest BCUT2D eigenvalue weighted by molar-refractivity contribution is 7.19. The number of fused-ring (bicyclic) bond motifs is 1. The monoisotopic (exact) mass is 274 g/mol. The van der Waals surface area contributed by atoms with Crippen LogP contribution in [0.4, 0.5) is 5.69 Å². The summed E-state index contributed by atoms with van der Waals surface area (Å²) in [4.78, 5) is 4.76. The van der Waals surface area contributed by atoms with Crippen molar-refractivity contribution in [3.05, 3.63) is 24.3 Å². The first kappa shape index (κ1) is 12.0. The van der Waals surface area contributed by atoms with Crippen LogP contribution >= 0.6 is 11.3 Å². The molecule has 3 rings (SSSR count). The van der Waals surface area contributed by atoms with Gasteiger partial charge in [0, 0.05) is 17.2 Å². The Labute approximate surface area is 114 Å². The third-order valence-electron chi connectivity index (χ3n) is 2.74. The van der Waals surface area contributed by atoms with Crippen LogP contribution in [0.25, 0.3) is 15.5 Å². The molecule has 0 aromatic carbocycles. The van der Waals surface area contributed by atoms with Crippen molar-refractivity contribution < 1.29 is 0 Å². The quantitative estimate of drug-likeness (QED) is 0.735. The zero-order valence-electron chi connectivity index (χ0n) is 11.0. The predicted molar refractivity (Wildman–Crippen MR) is 75.0 cm³/mol. The molecule has 0 saturated heterocycles. The minimum absolute atomic E-state index is 0.103. The molecule has 3 aromatic rings. The Hall–Kier alpha value is -2.02. The lowest BCUT2D eigenvalue weighted by Crippen LogP contribution is -2.16. The van der Waals surface area contributed by atoms with Gasteiger partial charge in [-0.15, -0.1) is 10.2 Å². The second kappa shape index (κ2) is 3.99. The van der Waals surface area contributed by atoms with Gasteiger partial charge < -0.3 is 5.73 Å². The van der Waals surface area contributed by atoms with Crippen LogP contribution in [0.2, 0.25) is 0 Å². The van der Waals surface area contributed by atoms with Gasteiger partial charge in [0.1, 0.15) is 5.01 Å². The van der Waals surface area contributed by atoms with E-state index in [2.05, 4.69) is 41.1 Å². The van der Waals surface area contributed by atoms with Gasteiger partial charge in [-0.2, -0.15) is 9.61 Å². The lowest BCUT2D eigenvalue weighted by Gasteiger charge is -2.13. The Balaban J connectivity index is 2.18. The van der Waals surface area contributed by atoms with Gasteiger partial charge in [0.15, 0.2) is 5.82 Å². The van der Waals surface area contributed by atoms with Crippen LogP contribution in [0, 0.1) is 0 Å². The van der Waals surface area contributed by atoms with Crippen LogP contribution < -0.4 is 5.73 Å². The summed E-state index contributed by atoms with van der Waals surface area (Å²) in [6, 6.07) is 1.86. The number of rotatable bonds is 1. The fourth-order valence-electron chi connectivity index (χ4n) is 1.79. The molecule has 0 atom stereocenters. The molecule has 0 aliphatic heterocycles. The zero-order valence-corrected chi connectivity index (χ0v) is 11.8. The van der Waals surface area contributed by atoms with Crippen LogP contribution in [0.5, 0.6) is 0 Å². The van der Waals surface area contributed by atoms with E-state index in [9.17, 15) is 0 Å². The van der Waals surface area contributed by atoms with Crippen molar-refractivity contribution in [2.24, 2.45) is 0 Å². The Morgan fingerprint density at radius 2 is 2.05 bits per heavy atom. The molecule has 0 spiro atoms. The van der Waals surface area contributed by atoms with E-state index in [4.69, 9.17) is 5.73 Å². The molecule has 0 aliphatic rings. The SMILES string of the molecule is CC(C)(C)c1nnc2sc(-c3ccncc3N)nn12. The summed E-state index contributed by atoms with van der Waals surface area (Å²) >= 11 is 1.47. The summed E-state index contributed by atoms with van der Waals surface area (Å²) in [5.41, 5.74) is 7.32. The Morgan fingerprint density at radius 1 is 1.26 bits per heavy atom. The number of aromatic nitrogens is 5. The van der Waals surface area contributed by atoms with Crippen LogP contribution in [-0.4, -0.2) is 24.8 Å². The minimum atomic E-state index is -0.103. The predicted octanol–water partition coefficient (Wildman–Crippen LogP) is 2.13. The molecule has 0 fully saturated rings. The molecule has 3 heterocycles. The molecule has 6 nitrogen and oxygen atoms in total. The summed E-state index contributed by atoms with van der Waals surface area (Å²) in [5, 5.41) is 13.8. The second-order valence-corrected chi connectivity index (χ2v) is 6.29. The topological polar surface area (TPSA) is 82.0 Å². The van der Waals surface area contributed by atoms with Gasteiger partial charge in [0.2, 0.25) is 4.96 Å². The van der Waals surface area contributed by atoms with E-state index in [1.54, 1.807) is 16.9 Å². The van der Waals surface area contributed by atoms with Crippen molar-refractivity contribution in [2.75, 3.05) is 5.73 Å². The zero-order chi connectivity index (χ0) is 13.6. The molecule has 0 radical (unpaired) electrons. The highest BCUT2D eigenvalue weighted by Crippen LogP contribution is 2.30. The van der Waals surface area contributed by atoms with Crippen molar-refractivity contribution in [3.63, 3.8) is 0 Å². The van der Waals surface area contributed by atoms with Crippen molar-refractivity contribution in [3.8, 4) is 10.6 Å². The summed E-state index contributed by atoms with van der Waals surface area (Å²) in [7, 11) is 0. The lowest BCUT2D eigenvalue weighted by molar-refractivity contribution is 0.528. The smallest absolute Gasteiger partial charge is 0.235 e. The van der Waals surface area contributed by atoms with Crippen LogP contribution in [0.3, 0.4) is 0 Å². The first-order valence-corrected chi connectivity index (χ1v) is 6.71. The molecule has 0 aliphatic carbocycles. The normalized spacial score (nSPS) is 12.2. The Kier molecular flexibility index (Phi) is 2.53. The molecule has 19 heavy (non-hydrogen) atoms. The summed E-state index contributed by atoms with van der Waals surface area (Å²) < 4.78 is 1.79. The fraction of sp³-hybridized carbons (Fsp3) is 0.333. The van der Waals surface area contributed by atoms with Crippen LogP contribution in [-0.2, 0) is 5.41 Å². The molecule has 0 saturated carbocycles. The molecule has 0 amide bonds. The van der Waals surface area contributed by atoms with E-state index >= 15 is 0 Å². The van der Waals surface area contributed by atoms with Gasteiger partial charge in [-0.25, -0.2) is 0 Å². The first-order valence-electron chi connectivity index (χ1n) is 5.89. The number of nitrogens with two attached hydrogens (primary N) is 1. The standard InChI is InChI=1S/C12H14N6S/c1-12(2,3)10-15-16-11-18(10)17-9(19-11)7-4-5-14-6-8(7)13/h4-6H,13H2,1-3H3. The molecular formula is C12H14N6S. The van der Waals surface area contributed by atoms with Crippen LogP contribution in [0.15, 0.2) is 18.5 Å². The summed E-state index contributed by atoms with van der Waals surface area (Å²) in [6.07, 6.45) is 3.33. The highest BCUT2D eigenvalue weighted by atomic mass is 32.1. The molecular weight excluding hydrogens is 260 g/mol. The van der Waals surface area contributed by atoms with Crippen LogP contribution in [0.1, 0.15) is 26.6 Å². The summed E-state index contributed by atoms with van der Waals surface area (Å²) in [6.45, 7) is 6.26. The fourth-order valence-corrected chi connectivity index (χ4v) is 2.68. The third-order valence-corrected chi connectivity index (χ3v) is 3.68. The molecule has 2 N–H and O–H groups in total. The summed E-state index contributed by atoms with van der Waals surface area (Å²) in [5.74, 6) is 0.845. The molecule has 0 unspecified atom stereocenters. The molecule has 7 heteroatoms. The second-order valence-electron chi connectivity index (χ2n) is 5.34. The van der Waals surface area contributed by atoms with E-state index in [-0.39, 0.29) is 5.41 Å². The van der Waals surface area contributed by atoms with Crippen molar-refractivity contribution in [2.45, 2.75) is 26.2 Å². The third kappa shape index (κ3) is 1.95. The van der Waals surface area contributed by atoms with Gasteiger partial charge >= 0.3 is 0 Å². The average Bonchev–Trinajstić information content (AvgIpc) is 2.86. The van der Waals surface area contributed by atoms with E-state index in [0.29, 0.717) is 5.69 Å². The maximum Gasteiger partial charge on any atom is 0.235 e. The number of nitrogen functional groups attached to an aromatic ring is 1. The van der Waals surface area contributed by atoms with E-state index in [1.807, 2.05) is 6.07 Å². The lowest BCUT2D eigenvalue weighted by atomic mass is 9.96. The first-order chi connectivity index (χ1) is 8.97. The van der Waals surface area contributed by atoms with E-state index in [0.717, 1.165) is 21.4 Å². The maximum absolute atomic E-state index is 5.93. The maximum atomic E-state index is 5.93. The van der Waals surface area contributed by atoms with Gasteiger partial charge in [-0.05, 0) is 6.07 Å². The number of hydrogen-bond donors (Lipinski definition) is 1.